The molecule has 99 heavy (non-hydrogen) atoms. The van der Waals surface area contributed by atoms with E-state index in [4.69, 9.17) is 38.6 Å². The number of aliphatic hydroxyl groups excluding tert-OH is 1. The summed E-state index contributed by atoms with van der Waals surface area (Å²) in [5.41, 5.74) is 28.7. The number of carboxylic acid groups (broad SMARTS) is 1. The molecule has 36 nitrogen and oxygen atoms in total. The molecule has 10 unspecified atom stereocenters. The first-order valence-corrected chi connectivity index (χ1v) is 32.1. The molecule has 0 aliphatic carbocycles. The van der Waals surface area contributed by atoms with Gasteiger partial charge < -0.3 is 107 Å². The number of aliphatic hydroxyl groups is 1. The van der Waals surface area contributed by atoms with Crippen LogP contribution >= 0.6 is 0 Å². The topological polar surface area (TPSA) is 595 Å². The number of rotatable bonds is 40. The van der Waals surface area contributed by atoms with Gasteiger partial charge in [-0.15, -0.1) is 0 Å². The zero-order chi connectivity index (χ0) is 74.6. The predicted molar refractivity (Wildman–Crippen MR) is 357 cm³/mol. The first-order chi connectivity index (χ1) is 46.5. The fourth-order valence-electron chi connectivity index (χ4n) is 9.75. The average Bonchev–Trinajstić information content (AvgIpc) is 1.82. The Bertz CT molecular complexity index is 3130. The van der Waals surface area contributed by atoms with Gasteiger partial charge in [-0.2, -0.15) is 0 Å². The number of aliphatic carboxylic acids is 1. The number of hydrogen-bond acceptors (Lipinski definition) is 19. The van der Waals surface area contributed by atoms with Crippen molar-refractivity contribution in [3.05, 3.63) is 65.7 Å². The van der Waals surface area contributed by atoms with Gasteiger partial charge in [0.2, 0.25) is 82.7 Å². The Labute approximate surface area is 572 Å². The van der Waals surface area contributed by atoms with Crippen LogP contribution in [0.3, 0.4) is 0 Å². The summed E-state index contributed by atoms with van der Waals surface area (Å²) in [6.07, 6.45) is -0.374. The molecule has 1 fully saturated rings. The summed E-state index contributed by atoms with van der Waals surface area (Å²) in [7, 11) is 0. The molecular formula is C63H98N18O18. The molecule has 0 bridgehead atoms. The third-order valence-electron chi connectivity index (χ3n) is 14.6. The van der Waals surface area contributed by atoms with E-state index in [9.17, 15) is 77.3 Å². The Morgan fingerprint density at radius 1 is 0.545 bits per heavy atom. The normalized spacial score (nSPS) is 15.1. The molecule has 24 N–H and O–H groups in total. The molecule has 1 heterocycles. The first-order valence-electron chi connectivity index (χ1n) is 32.1. The Kier molecular flexibility index (Phi) is 37.3. The maximum atomic E-state index is 14.5. The van der Waals surface area contributed by atoms with Gasteiger partial charge in [-0.05, 0) is 93.9 Å². The molecule has 1 saturated heterocycles. The molecule has 0 radical (unpaired) electrons. The van der Waals surface area contributed by atoms with Gasteiger partial charge in [0.15, 0.2) is 5.96 Å². The summed E-state index contributed by atoms with van der Waals surface area (Å²) in [5, 5.41) is 54.5. The number of carbonyl (C=O) groups excluding carboxylic acids is 14. The number of primary amides is 2. The van der Waals surface area contributed by atoms with Gasteiger partial charge in [0.05, 0.1) is 32.3 Å². The summed E-state index contributed by atoms with van der Waals surface area (Å²) >= 11 is 0. The van der Waals surface area contributed by atoms with Crippen LogP contribution in [0.4, 0.5) is 0 Å². The number of likely N-dealkylation sites (tertiary alicyclic amines) is 1. The number of benzene rings is 2. The second kappa shape index (κ2) is 43.6. The molecule has 1 aliphatic heterocycles. The van der Waals surface area contributed by atoms with Gasteiger partial charge in [-0.3, -0.25) is 76.9 Å². The Morgan fingerprint density at radius 2 is 0.990 bits per heavy atom. The van der Waals surface area contributed by atoms with Crippen molar-refractivity contribution in [2.75, 3.05) is 39.3 Å². The standard InChI is InChI=1S/C61H94N18O16.C2H4O2/c1-32(2)24-41(51(64)86)72-49(84)29-68-53(88)43(26-36-12-8-7-9-13-36)73-50(85)30-69-54(89)44(27-37-16-18-38(81)19-17-37)77-58(93)42(25-33(3)4)76-56(91)39(14-10-22-67-61(65)66)75-57(92)40(20-21-47(63)82)74-52(87)35(6)71-48(83)28-70-55(90)45(31-80)78-59(94)46-15-11-23-79(46)60(95)34(5)62;1-2(3)4/h7-9,12-13,16-19,32-35,39-46,80-81H,10-11,14-15,20-31,62H2,1-6H3,(H2,63,82)(H2,64,86)(H,68,88)(H,69,89)(H,70,90)(H,71,83)(H,72,84)(H,73,85)(H,74,87)(H,75,92)(H,76,91)(H,77,93)(H,78,94)(H4,65,66,67);1H3,(H,3,4). The summed E-state index contributed by atoms with van der Waals surface area (Å²) in [6.45, 7) is 8.12. The van der Waals surface area contributed by atoms with E-state index in [0.29, 0.717) is 17.5 Å². The van der Waals surface area contributed by atoms with Crippen molar-refractivity contribution in [3.8, 4) is 5.75 Å². The summed E-state index contributed by atoms with van der Waals surface area (Å²) in [4.78, 5) is 201. The predicted octanol–water partition coefficient (Wildman–Crippen LogP) is -6.26. The number of carboxylic acids is 1. The summed E-state index contributed by atoms with van der Waals surface area (Å²) in [6, 6.07) is 1.05. The lowest BCUT2D eigenvalue weighted by atomic mass is 10.00. The van der Waals surface area contributed by atoms with Crippen LogP contribution in [0.2, 0.25) is 0 Å². The minimum atomic E-state index is -1.60. The van der Waals surface area contributed by atoms with Crippen molar-refractivity contribution in [2.45, 2.75) is 173 Å². The molecule has 548 valence electrons. The van der Waals surface area contributed by atoms with Gasteiger partial charge >= 0.3 is 0 Å². The fourth-order valence-corrected chi connectivity index (χ4v) is 9.75. The van der Waals surface area contributed by atoms with Crippen molar-refractivity contribution in [2.24, 2.45) is 45.5 Å². The molecule has 36 heteroatoms. The molecule has 0 spiro atoms. The van der Waals surface area contributed by atoms with Gasteiger partial charge in [-0.25, -0.2) is 0 Å². The highest BCUT2D eigenvalue weighted by Gasteiger charge is 2.38. The lowest BCUT2D eigenvalue weighted by Gasteiger charge is -2.27. The van der Waals surface area contributed by atoms with Crippen molar-refractivity contribution in [3.63, 3.8) is 0 Å². The lowest BCUT2D eigenvalue weighted by Crippen LogP contribution is -2.59. The average molecular weight is 1400 g/mol. The fraction of sp³-hybridized carbons (Fsp3) is 0.556. The monoisotopic (exact) mass is 1390 g/mol. The van der Waals surface area contributed by atoms with Crippen molar-refractivity contribution in [1.29, 1.82) is 0 Å². The number of amides is 14. The van der Waals surface area contributed by atoms with E-state index in [1.807, 2.05) is 13.8 Å². The number of hydrogen-bond donors (Lipinski definition) is 19. The van der Waals surface area contributed by atoms with Crippen LogP contribution < -0.4 is 87.2 Å². The van der Waals surface area contributed by atoms with Crippen LogP contribution in [-0.2, 0) is 84.8 Å². The minimum Gasteiger partial charge on any atom is -0.508 e. The van der Waals surface area contributed by atoms with Crippen molar-refractivity contribution in [1.82, 2.24) is 63.4 Å². The maximum absolute atomic E-state index is 14.5. The van der Waals surface area contributed by atoms with E-state index in [-0.39, 0.29) is 81.6 Å². The number of carbonyl (C=O) groups is 15. The van der Waals surface area contributed by atoms with Crippen LogP contribution in [0.1, 0.15) is 111 Å². The van der Waals surface area contributed by atoms with E-state index < -0.39 is 188 Å². The molecule has 1 aliphatic rings. The lowest BCUT2D eigenvalue weighted by molar-refractivity contribution is -0.140. The number of nitrogens with two attached hydrogens (primary N) is 5. The van der Waals surface area contributed by atoms with E-state index in [2.05, 4.69) is 63.5 Å². The quantitative estimate of drug-likeness (QED) is 0.0168. The number of phenolic OH excluding ortho intramolecular Hbond substituents is 1. The van der Waals surface area contributed by atoms with Crippen molar-refractivity contribution < 1.29 is 87.2 Å². The van der Waals surface area contributed by atoms with Gasteiger partial charge in [0.1, 0.15) is 60.1 Å². The Hall–Kier alpha value is -10.5. The second-order valence-electron chi connectivity index (χ2n) is 24.3. The molecule has 10 atom stereocenters. The number of aliphatic imine (C=N–C) groups is 1. The highest BCUT2D eigenvalue weighted by Crippen LogP contribution is 2.19. The molecular weight excluding hydrogens is 1300 g/mol. The molecule has 2 aromatic rings. The molecule has 3 rings (SSSR count). The molecule has 0 saturated carbocycles. The first kappa shape index (κ1) is 84.6. The number of guanidine groups is 1. The van der Waals surface area contributed by atoms with Crippen LogP contribution in [0.25, 0.3) is 0 Å². The molecule has 14 amide bonds. The van der Waals surface area contributed by atoms with E-state index in [1.54, 1.807) is 44.2 Å². The largest absolute Gasteiger partial charge is 0.508 e. The number of aromatic hydroxyl groups is 1. The number of phenols is 1. The van der Waals surface area contributed by atoms with Gasteiger partial charge in [-0.1, -0.05) is 70.2 Å². The Balaban J connectivity index is 0.00000809. The van der Waals surface area contributed by atoms with Crippen LogP contribution in [0, 0.1) is 11.8 Å². The van der Waals surface area contributed by atoms with Gasteiger partial charge in [0.25, 0.3) is 5.97 Å². The summed E-state index contributed by atoms with van der Waals surface area (Å²) in [5.74, 6) is -13.5. The summed E-state index contributed by atoms with van der Waals surface area (Å²) < 4.78 is 0. The number of nitrogens with one attached hydrogen (secondary N) is 11. The highest BCUT2D eigenvalue weighted by molar-refractivity contribution is 5.99. The molecule has 0 aromatic heterocycles. The van der Waals surface area contributed by atoms with Crippen molar-refractivity contribution >= 4 is 94.6 Å². The zero-order valence-corrected chi connectivity index (χ0v) is 56.7. The third kappa shape index (κ3) is 33.3. The molecule has 2 aromatic carbocycles. The van der Waals surface area contributed by atoms with Crippen LogP contribution in [-0.4, -0.2) is 215 Å². The van der Waals surface area contributed by atoms with Gasteiger partial charge in [0, 0.05) is 39.3 Å². The minimum absolute atomic E-state index is 0.000101. The third-order valence-corrected chi connectivity index (χ3v) is 14.6. The second-order valence-corrected chi connectivity index (χ2v) is 24.3. The maximum Gasteiger partial charge on any atom is 0.300 e. The van der Waals surface area contributed by atoms with E-state index in [0.717, 1.165) is 6.92 Å². The smallest absolute Gasteiger partial charge is 0.300 e. The van der Waals surface area contributed by atoms with Crippen LogP contribution in [0.15, 0.2) is 59.6 Å². The number of nitrogens with zero attached hydrogens (tertiary/aromatic N) is 2. The van der Waals surface area contributed by atoms with E-state index in [1.165, 1.54) is 43.0 Å². The highest BCUT2D eigenvalue weighted by atomic mass is 16.4. The SMILES string of the molecule is CC(=O)O.CC(C)CC(NC(=O)CNC(=O)C(Cc1ccccc1)NC(=O)CNC(=O)C(Cc1ccc(O)cc1)NC(=O)C(CC(C)C)NC(=O)C(CCCN=C(N)N)NC(=O)C(CCC(N)=O)NC(=O)C(C)NC(=O)CNC(=O)C(CO)NC(=O)C1CCCN1C(=O)C(C)N)C(N)=O. The zero-order valence-electron chi connectivity index (χ0n) is 56.7. The Morgan fingerprint density at radius 3 is 1.48 bits per heavy atom. The van der Waals surface area contributed by atoms with E-state index >= 15 is 0 Å². The van der Waals surface area contributed by atoms with Crippen LogP contribution in [0.5, 0.6) is 5.75 Å².